The fourth-order valence-corrected chi connectivity index (χ4v) is 3.50. The van der Waals surface area contributed by atoms with Crippen LogP contribution in [0.2, 0.25) is 0 Å². The van der Waals surface area contributed by atoms with Crippen molar-refractivity contribution in [1.82, 2.24) is 24.6 Å². The molecule has 10 nitrogen and oxygen atoms in total. The summed E-state index contributed by atoms with van der Waals surface area (Å²) in [6.07, 6.45) is -0.616. The Kier molecular flexibility index (Phi) is 4.57. The van der Waals surface area contributed by atoms with Crippen molar-refractivity contribution >= 4 is 44.1 Å². The summed E-state index contributed by atoms with van der Waals surface area (Å²) in [7, 11) is 3.24. The van der Waals surface area contributed by atoms with Gasteiger partial charge in [0.15, 0.2) is 22.3 Å². The summed E-state index contributed by atoms with van der Waals surface area (Å²) in [6.45, 7) is 1.69. The van der Waals surface area contributed by atoms with Gasteiger partial charge in [0.25, 0.3) is 0 Å². The van der Waals surface area contributed by atoms with E-state index in [-0.39, 0.29) is 5.91 Å². The van der Waals surface area contributed by atoms with Gasteiger partial charge >= 0.3 is 0 Å². The van der Waals surface area contributed by atoms with E-state index in [0.717, 1.165) is 0 Å². The molecule has 0 aromatic carbocycles. The van der Waals surface area contributed by atoms with Gasteiger partial charge in [0, 0.05) is 7.05 Å². The van der Waals surface area contributed by atoms with Crippen molar-refractivity contribution in [3.63, 3.8) is 0 Å². The third kappa shape index (κ3) is 2.80. The molecule has 12 heteroatoms. The average Bonchev–Trinajstić information content (AvgIpc) is 3.16. The molecule has 0 unspecified atom stereocenters. The minimum Gasteiger partial charge on any atom is -0.372 e. The summed E-state index contributed by atoms with van der Waals surface area (Å²) in [5, 5.41) is 31.1. The van der Waals surface area contributed by atoms with Gasteiger partial charge in [-0.25, -0.2) is 9.88 Å². The van der Waals surface area contributed by atoms with Gasteiger partial charge in [-0.1, -0.05) is 11.3 Å². The van der Waals surface area contributed by atoms with Crippen LogP contribution in [-0.2, 0) is 4.79 Å². The number of fused-ring (bicyclic) bond motifs is 1. The lowest BCUT2D eigenvalue weighted by atomic mass is 10.2. The molecule has 2 aromatic rings. The zero-order valence-electron chi connectivity index (χ0n) is 13.1. The van der Waals surface area contributed by atoms with Crippen LogP contribution >= 0.6 is 27.3 Å². The second kappa shape index (κ2) is 6.37. The lowest BCUT2D eigenvalue weighted by Crippen LogP contribution is -2.51. The van der Waals surface area contributed by atoms with Gasteiger partial charge in [0.2, 0.25) is 11.0 Å². The van der Waals surface area contributed by atoms with Gasteiger partial charge in [0.1, 0.15) is 11.7 Å². The van der Waals surface area contributed by atoms with Crippen LogP contribution < -0.4 is 10.2 Å². The van der Waals surface area contributed by atoms with Crippen LogP contribution in [0, 0.1) is 0 Å². The first-order valence-electron chi connectivity index (χ1n) is 6.98. The molecule has 0 radical (unpaired) electrons. The van der Waals surface area contributed by atoms with Crippen LogP contribution in [0.15, 0.2) is 10.2 Å². The summed E-state index contributed by atoms with van der Waals surface area (Å²) in [5.74, 6) is 0.105. The number of nitrogens with one attached hydrogen (secondary N) is 1. The number of halogens is 1. The first-order chi connectivity index (χ1) is 11.3. The molecule has 3 heterocycles. The lowest BCUT2D eigenvalue weighted by Gasteiger charge is -2.40. The number of aliphatic hydroxyl groups excluding tert-OH is 2. The van der Waals surface area contributed by atoms with Crippen molar-refractivity contribution in [1.29, 1.82) is 0 Å². The Morgan fingerprint density at radius 2 is 2.12 bits per heavy atom. The van der Waals surface area contributed by atoms with Crippen molar-refractivity contribution in [2.45, 2.75) is 25.5 Å². The fraction of sp³-hybridized carbons (Fsp3) is 0.500. The summed E-state index contributed by atoms with van der Waals surface area (Å²) in [4.78, 5) is 19.5. The Morgan fingerprint density at radius 3 is 2.75 bits per heavy atom. The summed E-state index contributed by atoms with van der Waals surface area (Å²) >= 11 is 4.38. The number of imidazole rings is 1. The lowest BCUT2D eigenvalue weighted by molar-refractivity contribution is -0.119. The highest BCUT2D eigenvalue weighted by Gasteiger charge is 2.38. The van der Waals surface area contributed by atoms with Crippen molar-refractivity contribution in [3.05, 3.63) is 15.9 Å². The molecule has 0 saturated heterocycles. The normalized spacial score (nSPS) is 22.3. The van der Waals surface area contributed by atoms with Crippen molar-refractivity contribution < 1.29 is 15.0 Å². The highest BCUT2D eigenvalue weighted by atomic mass is 79.9. The molecule has 2 aromatic heterocycles. The van der Waals surface area contributed by atoms with E-state index in [0.29, 0.717) is 20.6 Å². The Labute approximate surface area is 149 Å². The highest BCUT2D eigenvalue weighted by Crippen LogP contribution is 2.35. The van der Waals surface area contributed by atoms with Crippen LogP contribution in [0.1, 0.15) is 24.9 Å². The Morgan fingerprint density at radius 1 is 1.42 bits per heavy atom. The molecule has 3 atom stereocenters. The quantitative estimate of drug-likeness (QED) is 0.653. The number of rotatable bonds is 3. The maximum Gasteiger partial charge on any atom is 0.249 e. The summed E-state index contributed by atoms with van der Waals surface area (Å²) in [5.41, 5.74) is 0.436. The van der Waals surface area contributed by atoms with Gasteiger partial charge in [-0.3, -0.25) is 10.1 Å². The van der Waals surface area contributed by atoms with Gasteiger partial charge in [-0.2, -0.15) is 0 Å². The van der Waals surface area contributed by atoms with Gasteiger partial charge in [-0.05, 0) is 29.9 Å². The molecule has 0 aliphatic carbocycles. The SMILES string of the molecule is C[C@@H](C(=O)Nc1nnc(Br)s1)n1cnc2c1[C@H](O)N(C)[C@@H](O)N2C. The number of aliphatic hydroxyl groups is 2. The van der Waals surface area contributed by atoms with Gasteiger partial charge in [-0.15, -0.1) is 10.2 Å². The number of aromatic nitrogens is 4. The van der Waals surface area contributed by atoms with Gasteiger partial charge in [0.05, 0.1) is 6.33 Å². The minimum atomic E-state index is -1.08. The number of hydrogen-bond donors (Lipinski definition) is 3. The van der Waals surface area contributed by atoms with E-state index in [4.69, 9.17) is 0 Å². The largest absolute Gasteiger partial charge is 0.372 e. The first-order valence-corrected chi connectivity index (χ1v) is 8.59. The molecular formula is C12H16BrN7O3S. The van der Waals surface area contributed by atoms with Crippen LogP contribution in [0.25, 0.3) is 0 Å². The molecule has 0 fully saturated rings. The number of carbonyl (C=O) groups excluding carboxylic acids is 1. The Balaban J connectivity index is 1.88. The smallest absolute Gasteiger partial charge is 0.249 e. The van der Waals surface area contributed by atoms with E-state index in [1.165, 1.54) is 27.5 Å². The molecule has 1 aliphatic heterocycles. The van der Waals surface area contributed by atoms with Crippen LogP contribution in [0.3, 0.4) is 0 Å². The highest BCUT2D eigenvalue weighted by molar-refractivity contribution is 9.11. The minimum absolute atomic E-state index is 0.317. The van der Waals surface area contributed by atoms with Crippen molar-refractivity contribution in [2.75, 3.05) is 24.3 Å². The van der Waals surface area contributed by atoms with Gasteiger partial charge < -0.3 is 19.7 Å². The molecule has 3 N–H and O–H groups in total. The summed E-state index contributed by atoms with van der Waals surface area (Å²) < 4.78 is 2.14. The third-order valence-corrected chi connectivity index (χ3v) is 5.19. The number of anilines is 2. The topological polar surface area (TPSA) is 120 Å². The molecule has 3 rings (SSSR count). The van der Waals surface area contributed by atoms with E-state index in [9.17, 15) is 15.0 Å². The number of amides is 1. The van der Waals surface area contributed by atoms with E-state index in [2.05, 4.69) is 36.4 Å². The predicted octanol–water partition coefficient (Wildman–Crippen LogP) is 0.345. The number of nitrogens with zero attached hydrogens (tertiary/aromatic N) is 6. The van der Waals surface area contributed by atoms with Crippen molar-refractivity contribution in [2.24, 2.45) is 0 Å². The van der Waals surface area contributed by atoms with Crippen LogP contribution in [0.5, 0.6) is 0 Å². The Hall–Kier alpha value is -1.60. The molecule has 0 saturated carbocycles. The second-order valence-electron chi connectivity index (χ2n) is 5.38. The molecule has 0 spiro atoms. The fourth-order valence-electron chi connectivity index (χ4n) is 2.48. The zero-order valence-corrected chi connectivity index (χ0v) is 15.5. The second-order valence-corrected chi connectivity index (χ2v) is 7.64. The molecule has 0 bridgehead atoms. The van der Waals surface area contributed by atoms with E-state index < -0.39 is 18.6 Å². The first kappa shape index (κ1) is 17.2. The third-order valence-electron chi connectivity index (χ3n) is 3.91. The number of carbonyl (C=O) groups is 1. The predicted molar refractivity (Wildman–Crippen MR) is 90.3 cm³/mol. The summed E-state index contributed by atoms with van der Waals surface area (Å²) in [6, 6.07) is -0.643. The number of hydrogen-bond acceptors (Lipinski definition) is 9. The molecule has 130 valence electrons. The standard InChI is InChI=1S/C12H16BrN7O3S/c1-5(8(21)15-11-17-16-10(13)24-11)20-4-14-7-6(20)9(22)19(3)12(23)18(7)2/h4-5,9,12,22-23H,1-3H3,(H,15,17,21)/t5-,9-,12-/m0/s1. The average molecular weight is 418 g/mol. The molecule has 1 aliphatic rings. The molecule has 1 amide bonds. The Bertz CT molecular complexity index is 766. The van der Waals surface area contributed by atoms with E-state index >= 15 is 0 Å². The molecular weight excluding hydrogens is 402 g/mol. The molecule has 24 heavy (non-hydrogen) atoms. The zero-order chi connectivity index (χ0) is 17.6. The van der Waals surface area contributed by atoms with Crippen molar-refractivity contribution in [3.8, 4) is 0 Å². The van der Waals surface area contributed by atoms with E-state index in [1.807, 2.05) is 0 Å². The monoisotopic (exact) mass is 417 g/mol. The van der Waals surface area contributed by atoms with Crippen LogP contribution in [0.4, 0.5) is 10.9 Å². The van der Waals surface area contributed by atoms with E-state index in [1.54, 1.807) is 25.6 Å². The van der Waals surface area contributed by atoms with Crippen LogP contribution in [-0.4, -0.2) is 61.2 Å². The maximum absolute atomic E-state index is 12.4. The maximum atomic E-state index is 12.4.